The molecule has 0 spiro atoms. The molecule has 0 saturated heterocycles. The number of benzene rings is 1. The largest absolute Gasteiger partial charge is 0.497 e. The highest BCUT2D eigenvalue weighted by Crippen LogP contribution is 2.24. The molecule has 0 heterocycles. The Bertz CT molecular complexity index is 421. The Morgan fingerprint density at radius 1 is 1.37 bits per heavy atom. The van der Waals surface area contributed by atoms with Gasteiger partial charge in [0, 0.05) is 18.2 Å². The summed E-state index contributed by atoms with van der Waals surface area (Å²) in [5, 5.41) is 2.81. The van der Waals surface area contributed by atoms with Crippen molar-refractivity contribution in [3.63, 3.8) is 0 Å². The second-order valence-electron chi connectivity index (χ2n) is 4.29. The standard InChI is InChI=1S/C14H22N2O3/c1-4-5-12(15)14(17)16-9-10-6-7-11(18-2)8-13(10)19-3/h6-8,12H,4-5,9,15H2,1-3H3,(H,16,17). The molecule has 0 aromatic heterocycles. The minimum atomic E-state index is -0.450. The predicted molar refractivity (Wildman–Crippen MR) is 74.3 cm³/mol. The maximum atomic E-state index is 11.7. The smallest absolute Gasteiger partial charge is 0.237 e. The van der Waals surface area contributed by atoms with Gasteiger partial charge in [-0.05, 0) is 18.6 Å². The SMILES string of the molecule is CCCC(N)C(=O)NCc1ccc(OC)cc1OC. The first-order valence-corrected chi connectivity index (χ1v) is 6.36. The molecule has 5 nitrogen and oxygen atoms in total. The van der Waals surface area contributed by atoms with Crippen LogP contribution in [0.2, 0.25) is 0 Å². The number of rotatable bonds is 7. The zero-order valence-electron chi connectivity index (χ0n) is 11.7. The molecule has 106 valence electrons. The Balaban J connectivity index is 2.64. The lowest BCUT2D eigenvalue weighted by atomic mass is 10.1. The molecule has 0 saturated carbocycles. The fraction of sp³-hybridized carbons (Fsp3) is 0.500. The molecule has 0 aliphatic carbocycles. The van der Waals surface area contributed by atoms with Crippen molar-refractivity contribution < 1.29 is 14.3 Å². The molecule has 1 unspecified atom stereocenters. The van der Waals surface area contributed by atoms with Crippen LogP contribution in [-0.4, -0.2) is 26.2 Å². The number of hydrogen-bond donors (Lipinski definition) is 2. The molecule has 5 heteroatoms. The summed E-state index contributed by atoms with van der Waals surface area (Å²) in [7, 11) is 3.18. The van der Waals surface area contributed by atoms with Gasteiger partial charge in [0.1, 0.15) is 11.5 Å². The van der Waals surface area contributed by atoms with Crippen LogP contribution in [0.3, 0.4) is 0 Å². The van der Waals surface area contributed by atoms with E-state index in [4.69, 9.17) is 15.2 Å². The van der Waals surface area contributed by atoms with Gasteiger partial charge in [-0.15, -0.1) is 0 Å². The van der Waals surface area contributed by atoms with Gasteiger partial charge in [0.25, 0.3) is 0 Å². The lowest BCUT2D eigenvalue weighted by Gasteiger charge is -2.13. The first-order chi connectivity index (χ1) is 9.12. The number of hydrogen-bond acceptors (Lipinski definition) is 4. The van der Waals surface area contributed by atoms with Crippen molar-refractivity contribution in [2.45, 2.75) is 32.4 Å². The number of ether oxygens (including phenoxy) is 2. The number of carbonyl (C=O) groups is 1. The van der Waals surface area contributed by atoms with Crippen molar-refractivity contribution in [2.24, 2.45) is 5.73 Å². The lowest BCUT2D eigenvalue weighted by Crippen LogP contribution is -2.40. The van der Waals surface area contributed by atoms with Crippen LogP contribution in [0, 0.1) is 0 Å². The third-order valence-corrected chi connectivity index (χ3v) is 2.88. The Morgan fingerprint density at radius 2 is 2.11 bits per heavy atom. The molecular formula is C14H22N2O3. The van der Waals surface area contributed by atoms with Gasteiger partial charge in [0.05, 0.1) is 20.3 Å². The van der Waals surface area contributed by atoms with E-state index in [0.717, 1.165) is 17.7 Å². The van der Waals surface area contributed by atoms with Crippen molar-refractivity contribution in [3.8, 4) is 11.5 Å². The van der Waals surface area contributed by atoms with E-state index in [-0.39, 0.29) is 5.91 Å². The van der Waals surface area contributed by atoms with E-state index in [1.165, 1.54) is 0 Å². The fourth-order valence-electron chi connectivity index (χ4n) is 1.75. The summed E-state index contributed by atoms with van der Waals surface area (Å²) in [5.74, 6) is 1.26. The van der Waals surface area contributed by atoms with E-state index >= 15 is 0 Å². The normalized spacial score (nSPS) is 11.8. The molecule has 0 fully saturated rings. The number of nitrogens with one attached hydrogen (secondary N) is 1. The van der Waals surface area contributed by atoms with Gasteiger partial charge in [-0.1, -0.05) is 13.3 Å². The summed E-state index contributed by atoms with van der Waals surface area (Å²) in [6, 6.07) is 5.03. The highest BCUT2D eigenvalue weighted by molar-refractivity contribution is 5.81. The average molecular weight is 266 g/mol. The molecular weight excluding hydrogens is 244 g/mol. The molecule has 0 aliphatic rings. The first kappa shape index (κ1) is 15.3. The molecule has 1 atom stereocenters. The van der Waals surface area contributed by atoms with E-state index in [1.54, 1.807) is 20.3 Å². The number of amides is 1. The van der Waals surface area contributed by atoms with Crippen molar-refractivity contribution in [3.05, 3.63) is 23.8 Å². The van der Waals surface area contributed by atoms with Crippen molar-refractivity contribution in [1.82, 2.24) is 5.32 Å². The van der Waals surface area contributed by atoms with Crippen LogP contribution >= 0.6 is 0 Å². The zero-order chi connectivity index (χ0) is 14.3. The van der Waals surface area contributed by atoms with Crippen molar-refractivity contribution in [2.75, 3.05) is 14.2 Å². The van der Waals surface area contributed by atoms with Crippen LogP contribution < -0.4 is 20.5 Å². The Labute approximate surface area is 114 Å². The van der Waals surface area contributed by atoms with Crippen molar-refractivity contribution >= 4 is 5.91 Å². The van der Waals surface area contributed by atoms with Crippen LogP contribution in [0.4, 0.5) is 0 Å². The third-order valence-electron chi connectivity index (χ3n) is 2.88. The van der Waals surface area contributed by atoms with E-state index < -0.39 is 6.04 Å². The molecule has 0 radical (unpaired) electrons. The number of carbonyl (C=O) groups excluding carboxylic acids is 1. The van der Waals surface area contributed by atoms with Gasteiger partial charge in [-0.25, -0.2) is 0 Å². The lowest BCUT2D eigenvalue weighted by molar-refractivity contribution is -0.122. The van der Waals surface area contributed by atoms with Gasteiger partial charge < -0.3 is 20.5 Å². The monoisotopic (exact) mass is 266 g/mol. The Morgan fingerprint density at radius 3 is 2.68 bits per heavy atom. The zero-order valence-corrected chi connectivity index (χ0v) is 11.7. The van der Waals surface area contributed by atoms with Crippen LogP contribution in [0.15, 0.2) is 18.2 Å². The summed E-state index contributed by atoms with van der Waals surface area (Å²) in [5.41, 5.74) is 6.63. The van der Waals surface area contributed by atoms with Crippen molar-refractivity contribution in [1.29, 1.82) is 0 Å². The maximum absolute atomic E-state index is 11.7. The van der Waals surface area contributed by atoms with Crippen LogP contribution in [0.5, 0.6) is 11.5 Å². The van der Waals surface area contributed by atoms with E-state index in [0.29, 0.717) is 18.7 Å². The molecule has 0 bridgehead atoms. The van der Waals surface area contributed by atoms with Gasteiger partial charge in [0.2, 0.25) is 5.91 Å². The molecule has 1 aromatic rings. The summed E-state index contributed by atoms with van der Waals surface area (Å²) >= 11 is 0. The maximum Gasteiger partial charge on any atom is 0.237 e. The third kappa shape index (κ3) is 4.44. The van der Waals surface area contributed by atoms with Crippen LogP contribution in [0.25, 0.3) is 0 Å². The van der Waals surface area contributed by atoms with Gasteiger partial charge in [-0.2, -0.15) is 0 Å². The number of methoxy groups -OCH3 is 2. The van der Waals surface area contributed by atoms with E-state index in [9.17, 15) is 4.79 Å². The Hall–Kier alpha value is -1.75. The summed E-state index contributed by atoms with van der Waals surface area (Å²) in [4.78, 5) is 11.7. The minimum Gasteiger partial charge on any atom is -0.497 e. The van der Waals surface area contributed by atoms with Crippen LogP contribution in [-0.2, 0) is 11.3 Å². The molecule has 0 aliphatic heterocycles. The fourth-order valence-corrected chi connectivity index (χ4v) is 1.75. The Kier molecular flexibility index (Phi) is 6.15. The molecule has 19 heavy (non-hydrogen) atoms. The summed E-state index contributed by atoms with van der Waals surface area (Å²) in [6.45, 7) is 2.39. The quantitative estimate of drug-likeness (QED) is 0.783. The van der Waals surface area contributed by atoms with Gasteiger partial charge >= 0.3 is 0 Å². The topological polar surface area (TPSA) is 73.6 Å². The van der Waals surface area contributed by atoms with Gasteiger partial charge in [0.15, 0.2) is 0 Å². The molecule has 1 aromatic carbocycles. The summed E-state index contributed by atoms with van der Waals surface area (Å²) < 4.78 is 10.4. The predicted octanol–water partition coefficient (Wildman–Crippen LogP) is 1.45. The molecule has 1 rings (SSSR count). The first-order valence-electron chi connectivity index (χ1n) is 6.36. The highest BCUT2D eigenvalue weighted by atomic mass is 16.5. The minimum absolute atomic E-state index is 0.139. The van der Waals surface area contributed by atoms with Gasteiger partial charge in [-0.3, -0.25) is 4.79 Å². The van der Waals surface area contributed by atoms with E-state index in [1.807, 2.05) is 19.1 Å². The second-order valence-corrected chi connectivity index (χ2v) is 4.29. The summed E-state index contributed by atoms with van der Waals surface area (Å²) in [6.07, 6.45) is 1.58. The average Bonchev–Trinajstić information content (AvgIpc) is 2.44. The second kappa shape index (κ2) is 7.63. The number of nitrogens with two attached hydrogens (primary N) is 1. The van der Waals surface area contributed by atoms with E-state index in [2.05, 4.69) is 5.32 Å². The molecule has 1 amide bonds. The van der Waals surface area contributed by atoms with Crippen LogP contribution in [0.1, 0.15) is 25.3 Å². The highest BCUT2D eigenvalue weighted by Gasteiger charge is 2.13. The molecule has 3 N–H and O–H groups in total.